The first-order valence-corrected chi connectivity index (χ1v) is 14.3. The van der Waals surface area contributed by atoms with Gasteiger partial charge >= 0.3 is 55.0 Å². The molecule has 0 amide bonds. The molecule has 0 saturated heterocycles. The van der Waals surface area contributed by atoms with Gasteiger partial charge in [-0.2, -0.15) is 0 Å². The molecule has 0 nitrogen and oxygen atoms in total. The van der Waals surface area contributed by atoms with Crippen LogP contribution in [0.5, 0.6) is 0 Å². The van der Waals surface area contributed by atoms with E-state index in [-0.39, 0.29) is 34.5 Å². The summed E-state index contributed by atoms with van der Waals surface area (Å²) in [5.74, 6) is 0. The van der Waals surface area contributed by atoms with Crippen LogP contribution < -0.4 is 0 Å². The Bertz CT molecular complexity index is 102. The first-order chi connectivity index (χ1) is 2.89. The van der Waals surface area contributed by atoms with Crippen LogP contribution in [0.1, 0.15) is 6.92 Å². The SMILES string of the molecule is C[C]1=C[C]=[Sb][SbH]1. The zero-order chi connectivity index (χ0) is 4.41. The van der Waals surface area contributed by atoms with Gasteiger partial charge in [-0.15, -0.1) is 0 Å². The standard InChI is InChI=1S/C4H4.2Sb.H/c1-3-4-2;;;/h4H,1H3;;;. The van der Waals surface area contributed by atoms with E-state index in [2.05, 4.69) is 17.0 Å². The fraction of sp³-hybridized carbons (Fsp3) is 0.250. The van der Waals surface area contributed by atoms with Crippen LogP contribution in [0.25, 0.3) is 0 Å². The van der Waals surface area contributed by atoms with Crippen molar-refractivity contribution in [3.63, 3.8) is 0 Å². The summed E-state index contributed by atoms with van der Waals surface area (Å²) >= 11 is 0.383. The molecule has 0 N–H and O–H groups in total. The first kappa shape index (κ1) is 5.38. The molecule has 0 aliphatic carbocycles. The Labute approximate surface area is 54.4 Å². The van der Waals surface area contributed by atoms with E-state index in [1.165, 1.54) is 0 Å². The molecule has 0 aromatic heterocycles. The van der Waals surface area contributed by atoms with Crippen molar-refractivity contribution < 1.29 is 0 Å². The predicted octanol–water partition coefficient (Wildman–Crippen LogP) is -0.361. The molecule has 0 aromatic carbocycles. The van der Waals surface area contributed by atoms with Gasteiger partial charge in [0.1, 0.15) is 0 Å². The van der Waals surface area contributed by atoms with Crippen LogP contribution in [-0.2, 0) is 0 Å². The van der Waals surface area contributed by atoms with Crippen molar-refractivity contribution in [1.29, 1.82) is 0 Å². The van der Waals surface area contributed by atoms with Crippen LogP contribution in [0.4, 0.5) is 0 Å². The van der Waals surface area contributed by atoms with Crippen molar-refractivity contribution >= 4 is 38.4 Å². The molecule has 1 heterocycles. The summed E-state index contributed by atoms with van der Waals surface area (Å²) in [6.07, 6.45) is 2.21. The number of rotatable bonds is 0. The van der Waals surface area contributed by atoms with Crippen molar-refractivity contribution in [1.82, 2.24) is 0 Å². The quantitative estimate of drug-likeness (QED) is 0.536. The summed E-state index contributed by atoms with van der Waals surface area (Å²) in [5, 5.41) is 0. The molecule has 0 fully saturated rings. The molecular weight excluding hydrogens is 292 g/mol. The van der Waals surface area contributed by atoms with Crippen LogP contribution in [0.15, 0.2) is 9.60 Å². The summed E-state index contributed by atoms with van der Waals surface area (Å²) in [6, 6.07) is 0. The minimum atomic E-state index is 0.139. The Kier molecular flexibility index (Phi) is 2.27. The molecule has 0 aromatic rings. The predicted molar refractivity (Wildman–Crippen MR) is 31.7 cm³/mol. The van der Waals surface area contributed by atoms with Crippen LogP contribution >= 0.6 is 0 Å². The normalized spacial score (nSPS) is 18.5. The Balaban J connectivity index is 2.61. The molecule has 0 bridgehead atoms. The third kappa shape index (κ3) is 1.39. The zero-order valence-corrected chi connectivity index (χ0v) is 8.93. The molecule has 0 saturated carbocycles. The first-order valence-electron chi connectivity index (χ1n) is 1.77. The summed E-state index contributed by atoms with van der Waals surface area (Å²) in [5.41, 5.74) is 0. The average Bonchev–Trinajstić information content (AvgIpc) is 1.86. The van der Waals surface area contributed by atoms with E-state index in [1.54, 1.807) is 3.52 Å². The van der Waals surface area contributed by atoms with Gasteiger partial charge in [-0.3, -0.25) is 0 Å². The van der Waals surface area contributed by atoms with Crippen LogP contribution in [0.3, 0.4) is 0 Å². The van der Waals surface area contributed by atoms with E-state index in [0.29, 0.717) is 0 Å². The topological polar surface area (TPSA) is 0 Å². The number of allylic oxidation sites excluding steroid dienone is 2. The van der Waals surface area contributed by atoms with Gasteiger partial charge in [-0.05, 0) is 0 Å². The molecule has 6 heavy (non-hydrogen) atoms. The van der Waals surface area contributed by atoms with Crippen molar-refractivity contribution in [3.8, 4) is 0 Å². The van der Waals surface area contributed by atoms with Crippen LogP contribution in [0, 0.1) is 0 Å². The van der Waals surface area contributed by atoms with E-state index in [9.17, 15) is 0 Å². The molecular formula is C4H5Sb2. The maximum atomic E-state index is 3.34. The fourth-order valence-electron chi connectivity index (χ4n) is 0.282. The molecule has 0 spiro atoms. The Hall–Kier alpha value is 1.25. The molecule has 1 radical (unpaired) electrons. The second kappa shape index (κ2) is 2.53. The fourth-order valence-corrected chi connectivity index (χ4v) is 10.2. The second-order valence-corrected chi connectivity index (χ2v) is 14.0. The third-order valence-corrected chi connectivity index (χ3v) is 14.4. The molecule has 2 heteroatoms. The zero-order valence-electron chi connectivity index (χ0n) is 3.52. The maximum absolute atomic E-state index is 3.34. The Morgan fingerprint density at radius 2 is 2.83 bits per heavy atom. The van der Waals surface area contributed by atoms with E-state index < -0.39 is 0 Å². The van der Waals surface area contributed by atoms with Gasteiger partial charge < -0.3 is 0 Å². The third-order valence-electron chi connectivity index (χ3n) is 0.578. The number of hydrogen-bond acceptors (Lipinski definition) is 0. The average molecular weight is 297 g/mol. The van der Waals surface area contributed by atoms with Crippen LogP contribution in [0.2, 0.25) is 0 Å². The number of hydrogen-bond donors (Lipinski definition) is 0. The van der Waals surface area contributed by atoms with Gasteiger partial charge in [-0.25, -0.2) is 0 Å². The van der Waals surface area contributed by atoms with Gasteiger partial charge in [0.15, 0.2) is 0 Å². The van der Waals surface area contributed by atoms with E-state index in [4.69, 9.17) is 0 Å². The molecule has 1 aliphatic rings. The molecule has 0 unspecified atom stereocenters. The minimum absolute atomic E-state index is 0.139. The van der Waals surface area contributed by atoms with Gasteiger partial charge in [0.05, 0.1) is 0 Å². The monoisotopic (exact) mass is 295 g/mol. The Morgan fingerprint density at radius 3 is 3.00 bits per heavy atom. The van der Waals surface area contributed by atoms with E-state index >= 15 is 0 Å². The summed E-state index contributed by atoms with van der Waals surface area (Å²) < 4.78 is 5.04. The van der Waals surface area contributed by atoms with Crippen LogP contribution in [-0.4, -0.2) is 38.4 Å². The van der Waals surface area contributed by atoms with E-state index in [0.717, 1.165) is 0 Å². The van der Waals surface area contributed by atoms with Crippen molar-refractivity contribution in [3.05, 3.63) is 9.60 Å². The molecule has 1 aliphatic heterocycles. The van der Waals surface area contributed by atoms with Crippen molar-refractivity contribution in [2.24, 2.45) is 0 Å². The van der Waals surface area contributed by atoms with Gasteiger partial charge in [0, 0.05) is 0 Å². The van der Waals surface area contributed by atoms with Gasteiger partial charge in [0.2, 0.25) is 0 Å². The summed E-state index contributed by atoms with van der Waals surface area (Å²) in [4.78, 5) is 0. The van der Waals surface area contributed by atoms with Crippen molar-refractivity contribution in [2.75, 3.05) is 0 Å². The van der Waals surface area contributed by atoms with Gasteiger partial charge in [0.25, 0.3) is 0 Å². The van der Waals surface area contributed by atoms with E-state index in [1.807, 2.05) is 0 Å². The Morgan fingerprint density at radius 1 is 2.00 bits per heavy atom. The summed E-state index contributed by atoms with van der Waals surface area (Å²) in [7, 11) is 0. The van der Waals surface area contributed by atoms with Crippen molar-refractivity contribution in [2.45, 2.75) is 6.92 Å². The molecule has 1 rings (SSSR count). The molecule has 31 valence electrons. The second-order valence-electron chi connectivity index (χ2n) is 1.18. The summed E-state index contributed by atoms with van der Waals surface area (Å²) in [6.45, 7) is 2.25. The molecule has 0 atom stereocenters. The van der Waals surface area contributed by atoms with Gasteiger partial charge in [-0.1, -0.05) is 0 Å².